The lowest BCUT2D eigenvalue weighted by molar-refractivity contribution is 0.418. The normalized spacial score (nSPS) is 11.1. The number of H-pyrrole nitrogens is 8. The summed E-state index contributed by atoms with van der Waals surface area (Å²) in [5.41, 5.74) is 6.98. The molecule has 0 unspecified atom stereocenters. The lowest BCUT2D eigenvalue weighted by Gasteiger charge is -2.09. The largest absolute Gasteiger partial charge is 0.496 e. The highest BCUT2D eigenvalue weighted by Crippen LogP contribution is 2.34. The molecule has 0 radical (unpaired) electrons. The van der Waals surface area contributed by atoms with Crippen molar-refractivity contribution in [2.45, 2.75) is 48.5 Å². The number of benzene rings is 8. The summed E-state index contributed by atoms with van der Waals surface area (Å²) in [6.45, 7) is 13.6. The van der Waals surface area contributed by atoms with E-state index < -0.39 is 67.5 Å². The SMILES string of the molecule is COc1cc(C)cc2oc3nc(=O)[nH]c(=O)c-3cc12.Cc1ccc2cc3c(=O)[nH]c(=O)nc-3oc2c1.Cc1ccc2cc3c(=O)[nH]c(=O)nc-3oc2c1.Cc1ccc2cc3c(=O)[nH]c(=O)nc-3oc2c1.Cc1ccc2cc3c(=O)[nH]c(=S)nc-3oc2c1.Cc1ccc2oc3nc(=O)[nH]c(=O)c-3cc2c1.Cc1ccc2oc3nc(=S)[nH]c(=O)c-3cc2c1.O=c1nc2oc3ccccc3cc-2c(=O)[nH]1. The van der Waals surface area contributed by atoms with Gasteiger partial charge in [-0.1, -0.05) is 90.0 Å². The third-order valence-electron chi connectivity index (χ3n) is 20.6. The average molecular weight is 1870 g/mol. The molecule has 137 heavy (non-hydrogen) atoms. The first-order chi connectivity index (χ1) is 65.6. The summed E-state index contributed by atoms with van der Waals surface area (Å²) >= 11 is 9.69. The first-order valence-corrected chi connectivity index (χ1v) is 41.6. The molecule has 678 valence electrons. The molecule has 39 nitrogen and oxygen atoms in total. The minimum Gasteiger partial charge on any atom is -0.496 e. The van der Waals surface area contributed by atoms with Gasteiger partial charge in [0.05, 0.1) is 12.5 Å². The Morgan fingerprint density at radius 3 is 0.752 bits per heavy atom. The first-order valence-electron chi connectivity index (χ1n) is 40.8. The summed E-state index contributed by atoms with van der Waals surface area (Å²) in [6.07, 6.45) is 0. The highest BCUT2D eigenvalue weighted by atomic mass is 32.1. The number of aromatic nitrogens is 16. The molecule has 8 aromatic carbocycles. The van der Waals surface area contributed by atoms with E-state index in [-0.39, 0.29) is 101 Å². The van der Waals surface area contributed by atoms with Crippen LogP contribution in [0.15, 0.2) is 297 Å². The third-order valence-corrected chi connectivity index (χ3v) is 21.0. The van der Waals surface area contributed by atoms with Crippen molar-refractivity contribution in [2.75, 3.05) is 7.11 Å². The molecule has 0 fully saturated rings. The zero-order valence-electron chi connectivity index (χ0n) is 72.3. The maximum absolute atomic E-state index is 11.7. The summed E-state index contributed by atoms with van der Waals surface area (Å²) in [7, 11) is 1.54. The van der Waals surface area contributed by atoms with Crippen LogP contribution in [0.5, 0.6) is 5.75 Å². The molecule has 16 heterocycles. The zero-order valence-corrected chi connectivity index (χ0v) is 73.9. The van der Waals surface area contributed by atoms with Gasteiger partial charge in [-0.05, 0) is 216 Å². The molecular formula is C96H64N16O23S2. The molecule has 8 N–H and O–H groups in total. The smallest absolute Gasteiger partial charge is 0.351 e. The van der Waals surface area contributed by atoms with Crippen molar-refractivity contribution >= 4 is 112 Å². The Hall–Kier alpha value is -18.8. The molecule has 0 saturated heterocycles. The van der Waals surface area contributed by atoms with Gasteiger partial charge in [-0.2, -0.15) is 39.9 Å². The van der Waals surface area contributed by atoms with Gasteiger partial charge in [-0.15, -0.1) is 0 Å². The fourth-order valence-corrected chi connectivity index (χ4v) is 14.6. The maximum atomic E-state index is 11.7. The van der Waals surface area contributed by atoms with E-state index in [1.807, 2.05) is 176 Å². The molecule has 0 spiro atoms. The van der Waals surface area contributed by atoms with Crippen molar-refractivity contribution in [3.05, 3.63) is 388 Å². The van der Waals surface area contributed by atoms with Gasteiger partial charge in [0.15, 0.2) is 0 Å². The van der Waals surface area contributed by atoms with Crippen LogP contribution >= 0.6 is 24.4 Å². The molecule has 24 rings (SSSR count). The Bertz CT molecular complexity index is 9070. The van der Waals surface area contributed by atoms with Crippen LogP contribution in [0.3, 0.4) is 0 Å². The molecule has 0 bridgehead atoms. The number of nitrogens with one attached hydrogen (secondary N) is 8. The minimum atomic E-state index is -0.722. The van der Waals surface area contributed by atoms with Crippen molar-refractivity contribution in [3.63, 3.8) is 0 Å². The van der Waals surface area contributed by atoms with Crippen LogP contribution in [0, 0.1) is 58.0 Å². The van der Waals surface area contributed by atoms with Crippen LogP contribution < -0.4 is 83.3 Å². The molecule has 0 saturated carbocycles. The molecule has 8 aromatic rings. The number of ether oxygens (including phenoxy) is 1. The molecule has 0 aliphatic carbocycles. The van der Waals surface area contributed by atoms with Crippen molar-refractivity contribution in [1.29, 1.82) is 0 Å². The molecular weight excluding hydrogens is 1810 g/mol. The summed E-state index contributed by atoms with van der Waals surface area (Å²) in [5, 5.41) is 6.41. The van der Waals surface area contributed by atoms with E-state index in [0.717, 1.165) is 76.6 Å². The van der Waals surface area contributed by atoms with Crippen LogP contribution in [0.25, 0.3) is 179 Å². The standard InChI is InChI=1S/C13H10N2O4.4C12H8N2O3.2C12H8N2O2S.C11H6N2O3/c1-6-3-9(18-2)7-5-8-11(16)14-13(17)15-12(8)19-10(7)4-6;1-6-2-3-9-7(4-6)5-8-10(15)13-12(16)14-11(8)17-9;3*1-6-2-3-7-5-8-10(15)13-12(16)14-11(8)17-9(7)4-6;1-6-2-3-9-7(4-6)5-8-10(15)13-12(17)14-11(8)16-9;1-6-2-3-7-5-8-10(15)13-12(17)14-11(8)16-9(7)4-6;14-9-7-5-6-3-1-2-4-8(6)16-10(7)13-11(15)12-9/h3-5H,1-2H3,(H,14,16,17);4*2-5H,1H3,(H,13,15,16);2*2-5H,1H3,(H,13,15,17);1-5H,(H,12,14,15). The predicted octanol–water partition coefficient (Wildman–Crippen LogP) is 12.8. The van der Waals surface area contributed by atoms with E-state index >= 15 is 0 Å². The predicted molar refractivity (Wildman–Crippen MR) is 509 cm³/mol. The Morgan fingerprint density at radius 2 is 0.445 bits per heavy atom. The second kappa shape index (κ2) is 37.2. The summed E-state index contributed by atoms with van der Waals surface area (Å²) in [6, 6.07) is 58.3. The maximum Gasteiger partial charge on any atom is 0.351 e. The highest BCUT2D eigenvalue weighted by Gasteiger charge is 2.23. The molecule has 0 amide bonds. The topological polar surface area (TPSA) is 583 Å². The Balaban J connectivity index is 0.000000109. The van der Waals surface area contributed by atoms with E-state index in [4.69, 9.17) is 64.5 Å². The monoisotopic (exact) mass is 1870 g/mol. The third kappa shape index (κ3) is 19.8. The van der Waals surface area contributed by atoms with Gasteiger partial charge >= 0.3 is 34.1 Å². The van der Waals surface area contributed by atoms with E-state index in [1.165, 1.54) is 0 Å². The van der Waals surface area contributed by atoms with Crippen molar-refractivity contribution in [2.24, 2.45) is 0 Å². The first kappa shape index (κ1) is 90.2. The van der Waals surface area contributed by atoms with Gasteiger partial charge < -0.3 is 40.1 Å². The van der Waals surface area contributed by atoms with Crippen LogP contribution in [0.2, 0.25) is 0 Å². The van der Waals surface area contributed by atoms with Crippen LogP contribution in [0.4, 0.5) is 0 Å². The van der Waals surface area contributed by atoms with E-state index in [1.54, 1.807) is 73.8 Å². The molecule has 16 aliphatic rings. The summed E-state index contributed by atoms with van der Waals surface area (Å²) in [5.74, 6) is 1.50. The number of aromatic amines is 8. The van der Waals surface area contributed by atoms with E-state index in [2.05, 4.69) is 79.7 Å². The van der Waals surface area contributed by atoms with Gasteiger partial charge in [0.1, 0.15) is 94.9 Å². The van der Waals surface area contributed by atoms with Gasteiger partial charge in [-0.3, -0.25) is 78.2 Å². The molecule has 41 heteroatoms. The van der Waals surface area contributed by atoms with Crippen LogP contribution in [-0.4, -0.2) is 86.9 Å². The number of hydrogen-bond donors (Lipinski definition) is 8. The average Bonchev–Trinajstić information content (AvgIpc) is 0.780. The van der Waals surface area contributed by atoms with E-state index in [9.17, 15) is 67.1 Å². The van der Waals surface area contributed by atoms with Gasteiger partial charge in [0, 0.05) is 37.7 Å². The highest BCUT2D eigenvalue weighted by molar-refractivity contribution is 7.71. The van der Waals surface area contributed by atoms with Gasteiger partial charge in [0.2, 0.25) is 56.7 Å². The Morgan fingerprint density at radius 1 is 0.219 bits per heavy atom. The second-order valence-electron chi connectivity index (χ2n) is 30.9. The molecule has 0 atom stereocenters. The number of nitrogens with zero attached hydrogens (tertiary/aromatic N) is 8. The van der Waals surface area contributed by atoms with Gasteiger partial charge in [0.25, 0.3) is 44.5 Å². The molecule has 16 aliphatic heterocycles. The lowest BCUT2D eigenvalue weighted by Crippen LogP contribution is -2.24. The van der Waals surface area contributed by atoms with Crippen molar-refractivity contribution in [3.8, 4) is 97.4 Å². The van der Waals surface area contributed by atoms with E-state index in [0.29, 0.717) is 66.9 Å². The number of para-hydroxylation sites is 1. The number of rotatable bonds is 1. The number of aryl methyl sites for hydroxylation is 7. The van der Waals surface area contributed by atoms with Crippen LogP contribution in [0.1, 0.15) is 38.9 Å². The lowest BCUT2D eigenvalue weighted by atomic mass is 10.1. The van der Waals surface area contributed by atoms with Crippen LogP contribution in [-0.2, 0) is 0 Å². The quantitative estimate of drug-likeness (QED) is 0.0559. The summed E-state index contributed by atoms with van der Waals surface area (Å²) < 4.78 is 49.4. The summed E-state index contributed by atoms with van der Waals surface area (Å²) in [4.78, 5) is 207. The number of hydrogen-bond acceptors (Lipinski definition) is 33. The Kier molecular flexibility index (Phi) is 24.5. The second-order valence-corrected chi connectivity index (χ2v) is 31.6. The minimum absolute atomic E-state index is 0.0221. The van der Waals surface area contributed by atoms with Crippen molar-refractivity contribution in [1.82, 2.24) is 79.7 Å². The fourth-order valence-electron chi connectivity index (χ4n) is 14.2. The molecule has 0 aromatic heterocycles. The van der Waals surface area contributed by atoms with Crippen molar-refractivity contribution < 1.29 is 40.1 Å². The van der Waals surface area contributed by atoms with Gasteiger partial charge in [-0.25, -0.2) is 28.8 Å². The number of methoxy groups -OCH3 is 1. The zero-order chi connectivity index (χ0) is 96.6. The fraction of sp³-hybridized carbons (Fsp3) is 0.0833. The number of fused-ring (bicyclic) bond motifs is 16. The Labute approximate surface area is 769 Å².